The van der Waals surface area contributed by atoms with E-state index in [1.807, 2.05) is 24.3 Å². The molecule has 0 spiro atoms. The van der Waals surface area contributed by atoms with E-state index in [0.29, 0.717) is 15.6 Å². The van der Waals surface area contributed by atoms with Crippen molar-refractivity contribution in [1.29, 1.82) is 0 Å². The topological polar surface area (TPSA) is 90.4 Å². The van der Waals surface area contributed by atoms with Crippen LogP contribution in [0.1, 0.15) is 12.5 Å². The van der Waals surface area contributed by atoms with E-state index in [1.165, 1.54) is 0 Å². The minimum absolute atomic E-state index is 0.00291. The zero-order valence-electron chi connectivity index (χ0n) is 13.0. The number of halogens is 2. The van der Waals surface area contributed by atoms with Gasteiger partial charge in [-0.05, 0) is 36.2 Å². The lowest BCUT2D eigenvalue weighted by Gasteiger charge is -2.12. The number of ether oxygens (including phenoxy) is 1. The number of carbonyl (C=O) groups excluding carboxylic acids is 1. The lowest BCUT2D eigenvalue weighted by atomic mass is 10.0. The van der Waals surface area contributed by atoms with E-state index in [9.17, 15) is 4.79 Å². The summed E-state index contributed by atoms with van der Waals surface area (Å²) >= 11 is 12.0. The van der Waals surface area contributed by atoms with Crippen LogP contribution in [0.25, 0.3) is 16.8 Å². The number of nitrogens with one attached hydrogen (secondary N) is 1. The van der Waals surface area contributed by atoms with Crippen LogP contribution in [0.3, 0.4) is 0 Å². The molecule has 5 nitrogen and oxygen atoms in total. The molecule has 0 amide bonds. The first-order valence-corrected chi connectivity index (χ1v) is 7.92. The van der Waals surface area contributed by atoms with Gasteiger partial charge in [-0.1, -0.05) is 47.5 Å². The lowest BCUT2D eigenvalue weighted by molar-refractivity contribution is -0.138. The quantitative estimate of drug-likeness (QED) is 0.327. The smallest absolute Gasteiger partial charge is 0.357 e. The van der Waals surface area contributed by atoms with Crippen LogP contribution in [0.2, 0.25) is 10.0 Å². The third-order valence-electron chi connectivity index (χ3n) is 3.32. The summed E-state index contributed by atoms with van der Waals surface area (Å²) in [6.45, 7) is 1.92. The van der Waals surface area contributed by atoms with Gasteiger partial charge in [0.15, 0.2) is 5.70 Å². The summed E-state index contributed by atoms with van der Waals surface area (Å²) in [7, 11) is 0. The third-order valence-corrected chi connectivity index (χ3v) is 4.06. The highest BCUT2D eigenvalue weighted by Crippen LogP contribution is 2.29. The van der Waals surface area contributed by atoms with Gasteiger partial charge < -0.3 is 15.9 Å². The molecule has 2 aromatic carbocycles. The molecule has 0 bridgehead atoms. The molecule has 0 fully saturated rings. The maximum absolute atomic E-state index is 11.9. The normalized spacial score (nSPS) is 11.7. The molecule has 0 saturated carbocycles. The van der Waals surface area contributed by atoms with E-state index in [2.05, 4.69) is 5.43 Å². The number of benzene rings is 2. The fraction of sp³-hybridized carbons (Fsp3) is 0.118. The molecule has 0 aliphatic heterocycles. The van der Waals surface area contributed by atoms with E-state index in [-0.39, 0.29) is 18.0 Å². The SMILES string of the molecule is CCOC(=O)/C(NN)=C(/N)c1cccc(-c2ccc(Cl)c(Cl)c2)c1. The Bertz CT molecular complexity index is 791. The summed E-state index contributed by atoms with van der Waals surface area (Å²) in [4.78, 5) is 11.9. The van der Waals surface area contributed by atoms with E-state index < -0.39 is 5.97 Å². The average molecular weight is 366 g/mol. The zero-order valence-corrected chi connectivity index (χ0v) is 14.5. The molecule has 126 valence electrons. The van der Waals surface area contributed by atoms with Crippen molar-refractivity contribution in [3.63, 3.8) is 0 Å². The summed E-state index contributed by atoms with van der Waals surface area (Å²) in [6.07, 6.45) is 0. The number of rotatable bonds is 5. The molecule has 0 heterocycles. The van der Waals surface area contributed by atoms with Crippen molar-refractivity contribution >= 4 is 34.9 Å². The van der Waals surface area contributed by atoms with Crippen LogP contribution in [0.4, 0.5) is 0 Å². The largest absolute Gasteiger partial charge is 0.461 e. The Labute approximate surface area is 150 Å². The monoisotopic (exact) mass is 365 g/mol. The average Bonchev–Trinajstić information content (AvgIpc) is 2.58. The van der Waals surface area contributed by atoms with Crippen LogP contribution in [-0.4, -0.2) is 12.6 Å². The summed E-state index contributed by atoms with van der Waals surface area (Å²) < 4.78 is 4.93. The van der Waals surface area contributed by atoms with Crippen LogP contribution in [-0.2, 0) is 9.53 Å². The van der Waals surface area contributed by atoms with Crippen LogP contribution in [0.15, 0.2) is 48.2 Å². The molecule has 24 heavy (non-hydrogen) atoms. The molecule has 0 radical (unpaired) electrons. The summed E-state index contributed by atoms with van der Waals surface area (Å²) in [6, 6.07) is 12.6. The minimum atomic E-state index is -0.613. The Hall–Kier alpha value is -2.21. The number of hydrazine groups is 1. The van der Waals surface area contributed by atoms with Gasteiger partial charge in [0.25, 0.3) is 0 Å². The van der Waals surface area contributed by atoms with E-state index >= 15 is 0 Å². The van der Waals surface area contributed by atoms with Crippen molar-refractivity contribution in [2.45, 2.75) is 6.92 Å². The molecule has 5 N–H and O–H groups in total. The third kappa shape index (κ3) is 4.00. The van der Waals surface area contributed by atoms with Gasteiger partial charge in [-0.3, -0.25) is 5.84 Å². The Morgan fingerprint density at radius 2 is 1.83 bits per heavy atom. The summed E-state index contributed by atoms with van der Waals surface area (Å²) in [5.41, 5.74) is 10.9. The zero-order chi connectivity index (χ0) is 17.7. The predicted octanol–water partition coefficient (Wildman–Crippen LogP) is 3.31. The van der Waals surface area contributed by atoms with Gasteiger partial charge in [-0.15, -0.1) is 0 Å². The number of esters is 1. The summed E-state index contributed by atoms with van der Waals surface area (Å²) in [5.74, 6) is 4.79. The maximum Gasteiger partial charge on any atom is 0.357 e. The van der Waals surface area contributed by atoms with Gasteiger partial charge in [0.1, 0.15) is 0 Å². The fourth-order valence-electron chi connectivity index (χ4n) is 2.14. The van der Waals surface area contributed by atoms with Crippen LogP contribution in [0.5, 0.6) is 0 Å². The first-order valence-electron chi connectivity index (χ1n) is 7.17. The Morgan fingerprint density at radius 3 is 2.46 bits per heavy atom. The second-order valence-corrected chi connectivity index (χ2v) is 5.68. The van der Waals surface area contributed by atoms with Gasteiger partial charge in [0.2, 0.25) is 0 Å². The van der Waals surface area contributed by atoms with Crippen molar-refractivity contribution in [2.24, 2.45) is 11.6 Å². The fourth-order valence-corrected chi connectivity index (χ4v) is 2.43. The minimum Gasteiger partial charge on any atom is -0.461 e. The molecule has 0 saturated heterocycles. The van der Waals surface area contributed by atoms with Crippen LogP contribution >= 0.6 is 23.2 Å². The molecular weight excluding hydrogens is 349 g/mol. The highest BCUT2D eigenvalue weighted by atomic mass is 35.5. The van der Waals surface area contributed by atoms with Crippen molar-refractivity contribution in [3.05, 3.63) is 63.8 Å². The second kappa shape index (κ2) is 8.06. The molecule has 2 aromatic rings. The van der Waals surface area contributed by atoms with E-state index in [0.717, 1.165) is 11.1 Å². The maximum atomic E-state index is 11.9. The molecule has 0 atom stereocenters. The molecule has 0 aliphatic rings. The number of carbonyl (C=O) groups is 1. The first-order chi connectivity index (χ1) is 11.5. The number of hydrogen-bond acceptors (Lipinski definition) is 5. The van der Waals surface area contributed by atoms with Crippen molar-refractivity contribution in [1.82, 2.24) is 5.43 Å². The second-order valence-electron chi connectivity index (χ2n) is 4.86. The predicted molar refractivity (Wildman–Crippen MR) is 97.0 cm³/mol. The van der Waals surface area contributed by atoms with Gasteiger partial charge in [0, 0.05) is 5.56 Å². The van der Waals surface area contributed by atoms with Crippen molar-refractivity contribution < 1.29 is 9.53 Å². The van der Waals surface area contributed by atoms with Gasteiger partial charge in [0.05, 0.1) is 22.3 Å². The highest BCUT2D eigenvalue weighted by Gasteiger charge is 2.15. The van der Waals surface area contributed by atoms with Gasteiger partial charge in [-0.25, -0.2) is 4.79 Å². The van der Waals surface area contributed by atoms with Crippen molar-refractivity contribution in [3.8, 4) is 11.1 Å². The number of nitrogens with two attached hydrogens (primary N) is 2. The molecular formula is C17H17Cl2N3O2. The van der Waals surface area contributed by atoms with E-state index in [4.69, 9.17) is 39.5 Å². The van der Waals surface area contributed by atoms with Crippen LogP contribution in [0, 0.1) is 0 Å². The first kappa shape index (κ1) is 18.1. The summed E-state index contributed by atoms with van der Waals surface area (Å²) in [5, 5.41) is 0.937. The standard InChI is InChI=1S/C17H17Cl2N3O2/c1-2-24-17(23)16(22-21)15(20)12-5-3-4-10(8-12)11-6-7-13(18)14(19)9-11/h3-9,22H,2,20-21H2,1H3/b16-15-. The Balaban J connectivity index is 2.45. The molecule has 7 heteroatoms. The highest BCUT2D eigenvalue weighted by molar-refractivity contribution is 6.42. The van der Waals surface area contributed by atoms with Gasteiger partial charge >= 0.3 is 5.97 Å². The number of hydrogen-bond donors (Lipinski definition) is 3. The van der Waals surface area contributed by atoms with E-state index in [1.54, 1.807) is 25.1 Å². The Morgan fingerprint density at radius 1 is 1.12 bits per heavy atom. The van der Waals surface area contributed by atoms with Crippen LogP contribution < -0.4 is 17.0 Å². The molecule has 0 aliphatic carbocycles. The molecule has 0 unspecified atom stereocenters. The molecule has 2 rings (SSSR count). The molecule has 0 aromatic heterocycles. The lowest BCUT2D eigenvalue weighted by Crippen LogP contribution is -2.31. The van der Waals surface area contributed by atoms with Gasteiger partial charge in [-0.2, -0.15) is 0 Å². The van der Waals surface area contributed by atoms with Crippen molar-refractivity contribution in [2.75, 3.05) is 6.61 Å². The Kier molecular flexibility index (Phi) is 6.09.